The number of sulfonamides is 1. The summed E-state index contributed by atoms with van der Waals surface area (Å²) in [5, 5.41) is 0. The first-order valence-corrected chi connectivity index (χ1v) is 10.6. The van der Waals surface area contributed by atoms with E-state index in [2.05, 4.69) is 14.6 Å². The summed E-state index contributed by atoms with van der Waals surface area (Å²) in [7, 11) is -3.71. The quantitative estimate of drug-likeness (QED) is 0.872. The third-order valence-corrected chi connectivity index (χ3v) is 6.45. The van der Waals surface area contributed by atoms with Gasteiger partial charge < -0.3 is 9.80 Å². The number of rotatable bonds is 4. The summed E-state index contributed by atoms with van der Waals surface area (Å²) in [5.41, 5.74) is 2.09. The fraction of sp³-hybridized carbons (Fsp3) is 0.368. The molecule has 3 heterocycles. The summed E-state index contributed by atoms with van der Waals surface area (Å²) < 4.78 is 28.0. The highest BCUT2D eigenvalue weighted by Crippen LogP contribution is 2.31. The molecule has 0 spiro atoms. The number of amides is 1. The van der Waals surface area contributed by atoms with Crippen LogP contribution in [0.25, 0.3) is 0 Å². The van der Waals surface area contributed by atoms with Crippen LogP contribution in [0.4, 0.5) is 17.2 Å². The van der Waals surface area contributed by atoms with Gasteiger partial charge in [-0.15, -0.1) is 0 Å². The number of nitrogens with one attached hydrogen (secondary N) is 1. The first-order chi connectivity index (χ1) is 12.9. The van der Waals surface area contributed by atoms with Crippen LogP contribution in [0.1, 0.15) is 25.3 Å². The molecule has 4 rings (SSSR count). The van der Waals surface area contributed by atoms with Crippen LogP contribution < -0.4 is 14.5 Å². The van der Waals surface area contributed by atoms with Gasteiger partial charge in [0, 0.05) is 32.2 Å². The second-order valence-electron chi connectivity index (χ2n) is 6.92. The highest BCUT2D eigenvalue weighted by molar-refractivity contribution is 7.92. The molecule has 2 aliphatic rings. The Balaban J connectivity index is 1.53. The van der Waals surface area contributed by atoms with Gasteiger partial charge in [0.1, 0.15) is 5.82 Å². The van der Waals surface area contributed by atoms with Crippen LogP contribution in [-0.4, -0.2) is 38.9 Å². The van der Waals surface area contributed by atoms with E-state index >= 15 is 0 Å². The molecule has 1 fully saturated rings. The number of carbonyl (C=O) groups is 1. The number of carbonyl (C=O) groups excluding carboxylic acids is 1. The number of anilines is 3. The highest BCUT2D eigenvalue weighted by atomic mass is 32.2. The molecule has 2 aliphatic heterocycles. The first kappa shape index (κ1) is 17.8. The summed E-state index contributed by atoms with van der Waals surface area (Å²) in [6.45, 7) is 4.08. The Hall–Kier alpha value is -2.61. The molecule has 0 saturated carbocycles. The van der Waals surface area contributed by atoms with Gasteiger partial charge in [-0.3, -0.25) is 9.52 Å². The summed E-state index contributed by atoms with van der Waals surface area (Å²) in [5.74, 6) is 0.837. The lowest BCUT2D eigenvalue weighted by Crippen LogP contribution is -2.25. The van der Waals surface area contributed by atoms with Crippen molar-refractivity contribution in [1.82, 2.24) is 4.98 Å². The number of hydrogen-bond acceptors (Lipinski definition) is 5. The summed E-state index contributed by atoms with van der Waals surface area (Å²) in [6.07, 6.45) is 4.53. The Morgan fingerprint density at radius 1 is 1.11 bits per heavy atom. The molecule has 7 nitrogen and oxygen atoms in total. The number of aromatic nitrogens is 1. The van der Waals surface area contributed by atoms with Gasteiger partial charge in [-0.25, -0.2) is 13.4 Å². The highest BCUT2D eigenvalue weighted by Gasteiger charge is 2.25. The minimum absolute atomic E-state index is 0.0355. The zero-order valence-corrected chi connectivity index (χ0v) is 16.0. The zero-order valence-electron chi connectivity index (χ0n) is 15.2. The largest absolute Gasteiger partial charge is 0.357 e. The number of pyridine rings is 1. The monoisotopic (exact) mass is 386 g/mol. The molecule has 1 amide bonds. The molecule has 1 aromatic carbocycles. The molecule has 0 unspecified atom stereocenters. The van der Waals surface area contributed by atoms with Crippen LogP contribution in [0.3, 0.4) is 0 Å². The molecule has 1 N–H and O–H groups in total. The van der Waals surface area contributed by atoms with E-state index in [0.29, 0.717) is 18.7 Å². The van der Waals surface area contributed by atoms with Gasteiger partial charge in [0.2, 0.25) is 5.91 Å². The van der Waals surface area contributed by atoms with Crippen LogP contribution in [0.5, 0.6) is 0 Å². The minimum atomic E-state index is -3.71. The van der Waals surface area contributed by atoms with E-state index in [1.807, 2.05) is 6.07 Å². The van der Waals surface area contributed by atoms with Gasteiger partial charge in [0.25, 0.3) is 10.0 Å². The molecule has 0 radical (unpaired) electrons. The fourth-order valence-electron chi connectivity index (χ4n) is 3.67. The van der Waals surface area contributed by atoms with Gasteiger partial charge in [-0.05, 0) is 55.2 Å². The second kappa shape index (κ2) is 6.84. The van der Waals surface area contributed by atoms with Crippen molar-refractivity contribution in [3.8, 4) is 0 Å². The molecule has 0 bridgehead atoms. The molecule has 1 saturated heterocycles. The maximum Gasteiger partial charge on any atom is 0.261 e. The fourth-order valence-corrected chi connectivity index (χ4v) is 4.76. The number of fused-ring (bicyclic) bond motifs is 1. The number of hydrogen-bond donors (Lipinski definition) is 1. The lowest BCUT2D eigenvalue weighted by atomic mass is 10.2. The molecule has 2 aromatic rings. The van der Waals surface area contributed by atoms with Gasteiger partial charge in [-0.1, -0.05) is 0 Å². The first-order valence-electron chi connectivity index (χ1n) is 9.09. The smallest absolute Gasteiger partial charge is 0.261 e. The van der Waals surface area contributed by atoms with Crippen molar-refractivity contribution >= 4 is 33.1 Å². The average molecular weight is 386 g/mol. The lowest BCUT2D eigenvalue weighted by Gasteiger charge is -2.17. The average Bonchev–Trinajstić information content (AvgIpc) is 3.31. The van der Waals surface area contributed by atoms with Gasteiger partial charge in [0.05, 0.1) is 16.8 Å². The maximum atomic E-state index is 12.7. The van der Waals surface area contributed by atoms with E-state index in [1.54, 1.807) is 29.3 Å². The normalized spacial score (nSPS) is 16.5. The predicted molar refractivity (Wildman–Crippen MR) is 105 cm³/mol. The van der Waals surface area contributed by atoms with E-state index in [4.69, 9.17) is 0 Å². The number of benzene rings is 1. The van der Waals surface area contributed by atoms with Crippen molar-refractivity contribution < 1.29 is 13.2 Å². The van der Waals surface area contributed by atoms with E-state index in [1.165, 1.54) is 13.0 Å². The zero-order chi connectivity index (χ0) is 19.0. The van der Waals surface area contributed by atoms with Crippen molar-refractivity contribution in [2.75, 3.05) is 34.2 Å². The molecular weight excluding hydrogens is 364 g/mol. The van der Waals surface area contributed by atoms with Crippen LogP contribution in [0.15, 0.2) is 41.4 Å². The maximum absolute atomic E-state index is 12.7. The number of nitrogens with zero attached hydrogens (tertiary/aromatic N) is 3. The molecule has 1 aromatic heterocycles. The van der Waals surface area contributed by atoms with Gasteiger partial charge >= 0.3 is 0 Å². The van der Waals surface area contributed by atoms with Crippen molar-refractivity contribution in [1.29, 1.82) is 0 Å². The van der Waals surface area contributed by atoms with E-state index in [-0.39, 0.29) is 10.8 Å². The van der Waals surface area contributed by atoms with E-state index in [0.717, 1.165) is 43.0 Å². The Labute approximate surface area is 159 Å². The Morgan fingerprint density at radius 2 is 1.89 bits per heavy atom. The summed E-state index contributed by atoms with van der Waals surface area (Å²) >= 11 is 0. The molecule has 8 heteroatoms. The second-order valence-corrected chi connectivity index (χ2v) is 8.60. The third kappa shape index (κ3) is 3.49. The summed E-state index contributed by atoms with van der Waals surface area (Å²) in [6, 6.07) is 8.47. The molecular formula is C19H22N4O3S. The molecule has 142 valence electrons. The third-order valence-electron chi connectivity index (χ3n) is 5.07. The van der Waals surface area contributed by atoms with Crippen LogP contribution >= 0.6 is 0 Å². The van der Waals surface area contributed by atoms with Crippen molar-refractivity contribution in [3.05, 3.63) is 42.1 Å². The van der Waals surface area contributed by atoms with Crippen molar-refractivity contribution in [2.45, 2.75) is 31.1 Å². The van der Waals surface area contributed by atoms with Crippen LogP contribution in [-0.2, 0) is 21.2 Å². The molecule has 0 aliphatic carbocycles. The van der Waals surface area contributed by atoms with E-state index in [9.17, 15) is 13.2 Å². The Bertz CT molecular complexity index is 967. The Kier molecular flexibility index (Phi) is 4.51. The summed E-state index contributed by atoms with van der Waals surface area (Å²) in [4.78, 5) is 20.1. The Morgan fingerprint density at radius 3 is 2.56 bits per heavy atom. The molecule has 0 atom stereocenters. The topological polar surface area (TPSA) is 82.6 Å². The van der Waals surface area contributed by atoms with Crippen LogP contribution in [0, 0.1) is 0 Å². The van der Waals surface area contributed by atoms with Gasteiger partial charge in [0.15, 0.2) is 0 Å². The predicted octanol–water partition coefficient (Wildman–Crippen LogP) is 2.39. The SMILES string of the molecule is CC(=O)N1CCc2cc(S(=O)(=O)Nc3ccc(N4CCCC4)nc3)ccc21. The van der Waals surface area contributed by atoms with Crippen LogP contribution in [0.2, 0.25) is 0 Å². The van der Waals surface area contributed by atoms with E-state index < -0.39 is 10.0 Å². The van der Waals surface area contributed by atoms with Crippen molar-refractivity contribution in [2.24, 2.45) is 0 Å². The van der Waals surface area contributed by atoms with Crippen molar-refractivity contribution in [3.63, 3.8) is 0 Å². The van der Waals surface area contributed by atoms with Gasteiger partial charge in [-0.2, -0.15) is 0 Å². The molecule has 27 heavy (non-hydrogen) atoms. The lowest BCUT2D eigenvalue weighted by molar-refractivity contribution is -0.116. The minimum Gasteiger partial charge on any atom is -0.357 e. The standard InChI is InChI=1S/C19H22N4O3S/c1-14(24)23-11-8-15-12-17(5-6-18(15)23)27(25,26)21-16-4-7-19(20-13-16)22-9-2-3-10-22/h4-7,12-13,21H,2-3,8-11H2,1H3.